The fourth-order valence-electron chi connectivity index (χ4n) is 2.51. The monoisotopic (exact) mass is 290 g/mol. The van der Waals surface area contributed by atoms with Gasteiger partial charge >= 0.3 is 0 Å². The first-order valence-electron chi connectivity index (χ1n) is 6.72. The van der Waals surface area contributed by atoms with Gasteiger partial charge in [-0.3, -0.25) is 4.98 Å². The van der Waals surface area contributed by atoms with E-state index in [0.29, 0.717) is 0 Å². The molecule has 0 fully saturated rings. The Morgan fingerprint density at radius 2 is 1.43 bits per heavy atom. The lowest BCUT2D eigenvalue weighted by molar-refractivity contribution is 1.37. The number of fused-ring (bicyclic) bond motifs is 3. The molecule has 2 aromatic carbocycles. The summed E-state index contributed by atoms with van der Waals surface area (Å²) in [5, 5.41) is 2.93. The molecule has 0 radical (unpaired) electrons. The van der Waals surface area contributed by atoms with Crippen LogP contribution in [-0.2, 0) is 0 Å². The highest BCUT2D eigenvalue weighted by atomic mass is 35.5. The molecule has 100 valence electrons. The molecule has 21 heavy (non-hydrogen) atoms. The molecule has 3 heteroatoms. The molecular weight excluding hydrogens is 280 g/mol. The van der Waals surface area contributed by atoms with E-state index >= 15 is 0 Å². The number of hydrogen-bond acceptors (Lipinski definition) is 2. The molecule has 0 aliphatic heterocycles. The van der Waals surface area contributed by atoms with Gasteiger partial charge in [0.1, 0.15) is 0 Å². The van der Waals surface area contributed by atoms with Crippen LogP contribution in [0, 0.1) is 0 Å². The number of hydrogen-bond donors (Lipinski definition) is 0. The summed E-state index contributed by atoms with van der Waals surface area (Å²) in [6.07, 6.45) is 1.80. The van der Waals surface area contributed by atoms with Crippen LogP contribution in [0.5, 0.6) is 0 Å². The number of halogens is 1. The van der Waals surface area contributed by atoms with Crippen LogP contribution in [0.3, 0.4) is 0 Å². The summed E-state index contributed by atoms with van der Waals surface area (Å²) in [6.45, 7) is 0. The van der Waals surface area contributed by atoms with Crippen molar-refractivity contribution in [2.75, 3.05) is 0 Å². The maximum Gasteiger partial charge on any atom is 0.0972 e. The second kappa shape index (κ2) is 4.83. The van der Waals surface area contributed by atoms with Crippen molar-refractivity contribution in [2.24, 2.45) is 0 Å². The van der Waals surface area contributed by atoms with Crippen molar-refractivity contribution >= 4 is 33.4 Å². The number of aromatic nitrogens is 2. The van der Waals surface area contributed by atoms with E-state index < -0.39 is 0 Å². The van der Waals surface area contributed by atoms with Crippen molar-refractivity contribution in [3.63, 3.8) is 0 Å². The van der Waals surface area contributed by atoms with Crippen molar-refractivity contribution in [2.45, 2.75) is 0 Å². The zero-order valence-corrected chi connectivity index (χ0v) is 11.9. The maximum absolute atomic E-state index is 5.94. The van der Waals surface area contributed by atoms with E-state index in [-0.39, 0.29) is 0 Å². The minimum atomic E-state index is 0.728. The molecule has 0 saturated carbocycles. The van der Waals surface area contributed by atoms with E-state index in [1.54, 1.807) is 6.20 Å². The first-order valence-corrected chi connectivity index (χ1v) is 7.09. The third kappa shape index (κ3) is 2.14. The summed E-state index contributed by atoms with van der Waals surface area (Å²) in [6, 6.07) is 20.0. The molecule has 0 atom stereocenters. The Labute approximate surface area is 127 Å². The number of benzene rings is 2. The molecule has 0 unspecified atom stereocenters. The van der Waals surface area contributed by atoms with E-state index in [0.717, 1.165) is 38.1 Å². The van der Waals surface area contributed by atoms with Gasteiger partial charge < -0.3 is 0 Å². The van der Waals surface area contributed by atoms with Crippen LogP contribution in [0.2, 0.25) is 5.02 Å². The van der Waals surface area contributed by atoms with Gasteiger partial charge in [0.05, 0.1) is 16.7 Å². The Bertz CT molecular complexity index is 946. The normalized spacial score (nSPS) is 11.1. The van der Waals surface area contributed by atoms with Gasteiger partial charge in [-0.05, 0) is 24.3 Å². The largest absolute Gasteiger partial charge is 0.254 e. The molecule has 0 bridgehead atoms. The first kappa shape index (κ1) is 12.3. The molecule has 0 saturated heterocycles. The highest BCUT2D eigenvalue weighted by Gasteiger charge is 2.05. The predicted octanol–water partition coefficient (Wildman–Crippen LogP) is 5.10. The molecule has 2 aromatic heterocycles. The molecule has 0 N–H and O–H groups in total. The molecule has 0 aliphatic carbocycles. The van der Waals surface area contributed by atoms with Crippen molar-refractivity contribution in [3.8, 4) is 11.3 Å². The Morgan fingerprint density at radius 1 is 0.714 bits per heavy atom. The summed E-state index contributed by atoms with van der Waals surface area (Å²) in [7, 11) is 0. The fourth-order valence-corrected chi connectivity index (χ4v) is 2.63. The molecule has 2 nitrogen and oxygen atoms in total. The molecule has 0 aliphatic rings. The van der Waals surface area contributed by atoms with Crippen molar-refractivity contribution in [1.29, 1.82) is 0 Å². The van der Waals surface area contributed by atoms with E-state index in [1.807, 2.05) is 36.4 Å². The van der Waals surface area contributed by atoms with Crippen LogP contribution in [0.4, 0.5) is 0 Å². The van der Waals surface area contributed by atoms with Gasteiger partial charge in [-0.1, -0.05) is 48.0 Å². The number of pyridine rings is 2. The molecular formula is C18H11ClN2. The van der Waals surface area contributed by atoms with Crippen LogP contribution >= 0.6 is 11.6 Å². The van der Waals surface area contributed by atoms with Crippen LogP contribution < -0.4 is 0 Å². The summed E-state index contributed by atoms with van der Waals surface area (Å²) >= 11 is 5.94. The molecule has 2 heterocycles. The first-order chi connectivity index (χ1) is 10.3. The summed E-state index contributed by atoms with van der Waals surface area (Å²) in [5.41, 5.74) is 3.85. The quantitative estimate of drug-likeness (QED) is 0.456. The van der Waals surface area contributed by atoms with Gasteiger partial charge in [-0.15, -0.1) is 0 Å². The third-order valence-electron chi connectivity index (χ3n) is 3.57. The third-order valence-corrected chi connectivity index (χ3v) is 3.82. The standard InChI is InChI=1S/C18H11ClN2/c19-15-8-5-12(6-9-15)16-10-7-14-4-3-13-2-1-11-20-17(13)18(14)21-16/h1-11H. The minimum absolute atomic E-state index is 0.728. The van der Waals surface area contributed by atoms with Gasteiger partial charge in [0, 0.05) is 27.6 Å². The zero-order chi connectivity index (χ0) is 14.2. The molecule has 4 aromatic rings. The second-order valence-corrected chi connectivity index (χ2v) is 5.35. The fraction of sp³-hybridized carbons (Fsp3) is 0. The topological polar surface area (TPSA) is 25.8 Å². The van der Waals surface area contributed by atoms with Gasteiger partial charge in [0.2, 0.25) is 0 Å². The van der Waals surface area contributed by atoms with E-state index in [9.17, 15) is 0 Å². The predicted molar refractivity (Wildman–Crippen MR) is 87.5 cm³/mol. The summed E-state index contributed by atoms with van der Waals surface area (Å²) in [4.78, 5) is 9.27. The van der Waals surface area contributed by atoms with E-state index in [2.05, 4.69) is 29.2 Å². The lowest BCUT2D eigenvalue weighted by Gasteiger charge is -2.06. The highest BCUT2D eigenvalue weighted by Crippen LogP contribution is 2.26. The zero-order valence-electron chi connectivity index (χ0n) is 11.1. The van der Waals surface area contributed by atoms with Crippen LogP contribution in [0.1, 0.15) is 0 Å². The van der Waals surface area contributed by atoms with Crippen molar-refractivity contribution in [1.82, 2.24) is 9.97 Å². The SMILES string of the molecule is Clc1ccc(-c2ccc3ccc4cccnc4c3n2)cc1. The van der Waals surface area contributed by atoms with Gasteiger partial charge in [0.15, 0.2) is 0 Å². The summed E-state index contributed by atoms with van der Waals surface area (Å²) < 4.78 is 0. The van der Waals surface area contributed by atoms with Crippen molar-refractivity contribution in [3.05, 3.63) is 71.9 Å². The highest BCUT2D eigenvalue weighted by molar-refractivity contribution is 6.30. The lowest BCUT2D eigenvalue weighted by atomic mass is 10.1. The van der Waals surface area contributed by atoms with Crippen LogP contribution in [-0.4, -0.2) is 9.97 Å². The molecule has 4 rings (SSSR count). The van der Waals surface area contributed by atoms with E-state index in [4.69, 9.17) is 16.6 Å². The lowest BCUT2D eigenvalue weighted by Crippen LogP contribution is -1.88. The smallest absolute Gasteiger partial charge is 0.0972 e. The minimum Gasteiger partial charge on any atom is -0.254 e. The second-order valence-electron chi connectivity index (χ2n) is 4.92. The van der Waals surface area contributed by atoms with Crippen LogP contribution in [0.25, 0.3) is 33.1 Å². The Kier molecular flexibility index (Phi) is 2.83. The molecule has 0 spiro atoms. The van der Waals surface area contributed by atoms with Gasteiger partial charge in [-0.2, -0.15) is 0 Å². The Morgan fingerprint density at radius 3 is 2.24 bits per heavy atom. The summed E-state index contributed by atoms with van der Waals surface area (Å²) in [5.74, 6) is 0. The maximum atomic E-state index is 5.94. The van der Waals surface area contributed by atoms with Gasteiger partial charge in [-0.25, -0.2) is 4.98 Å². The molecule has 0 amide bonds. The Balaban J connectivity index is 2.00. The van der Waals surface area contributed by atoms with Crippen LogP contribution in [0.15, 0.2) is 66.9 Å². The van der Waals surface area contributed by atoms with E-state index in [1.165, 1.54) is 0 Å². The van der Waals surface area contributed by atoms with Gasteiger partial charge in [0.25, 0.3) is 0 Å². The number of rotatable bonds is 1. The van der Waals surface area contributed by atoms with Crippen molar-refractivity contribution < 1.29 is 0 Å². The Hall–Kier alpha value is -2.45. The average Bonchev–Trinajstić information content (AvgIpc) is 2.55. The average molecular weight is 291 g/mol. The number of nitrogens with zero attached hydrogens (tertiary/aromatic N) is 2.